The zero-order valence-electron chi connectivity index (χ0n) is 20.7. The third-order valence-corrected chi connectivity index (χ3v) is 7.09. The molecule has 0 radical (unpaired) electrons. The summed E-state index contributed by atoms with van der Waals surface area (Å²) in [5.41, 5.74) is -0.101. The Balaban J connectivity index is 1.67. The second-order valence-electron chi connectivity index (χ2n) is 8.89. The van der Waals surface area contributed by atoms with E-state index in [0.717, 1.165) is 15.7 Å². The number of fused-ring (bicyclic) bond motifs is 1. The lowest BCUT2D eigenvalue weighted by atomic mass is 10.1. The maximum atomic E-state index is 15.2. The molecule has 0 saturated carbocycles. The smallest absolute Gasteiger partial charge is 0.416 e. The summed E-state index contributed by atoms with van der Waals surface area (Å²) in [6, 6.07) is 10.2. The number of aromatic hydroxyl groups is 2. The molecule has 204 valence electrons. The van der Waals surface area contributed by atoms with E-state index in [-0.39, 0.29) is 27.4 Å². The van der Waals surface area contributed by atoms with Crippen LogP contribution in [0.4, 0.5) is 33.7 Å². The summed E-state index contributed by atoms with van der Waals surface area (Å²) < 4.78 is 56.9. The summed E-state index contributed by atoms with van der Waals surface area (Å²) in [6.45, 7) is 3.61. The van der Waals surface area contributed by atoms with E-state index in [1.54, 1.807) is 25.1 Å². The number of aromatic nitrogens is 1. The number of rotatable bonds is 4. The molecule has 2 amide bonds. The van der Waals surface area contributed by atoms with E-state index < -0.39 is 51.4 Å². The van der Waals surface area contributed by atoms with Crippen molar-refractivity contribution in [2.24, 2.45) is 10.2 Å². The molecule has 1 aliphatic rings. The van der Waals surface area contributed by atoms with Gasteiger partial charge in [0.2, 0.25) is 5.88 Å². The summed E-state index contributed by atoms with van der Waals surface area (Å²) in [6.07, 6.45) is -3.59. The third-order valence-electron chi connectivity index (χ3n) is 6.28. The molecule has 2 heterocycles. The van der Waals surface area contributed by atoms with Crippen LogP contribution in [-0.4, -0.2) is 25.9 Å². The predicted molar refractivity (Wildman–Crippen MR) is 141 cm³/mol. The van der Waals surface area contributed by atoms with E-state index in [1.807, 2.05) is 6.92 Å². The van der Waals surface area contributed by atoms with Crippen LogP contribution in [0.15, 0.2) is 63.7 Å². The minimum Gasteiger partial charge on any atom is -0.505 e. The van der Waals surface area contributed by atoms with E-state index in [0.29, 0.717) is 23.9 Å². The number of nitrogens with one attached hydrogen (secondary N) is 1. The van der Waals surface area contributed by atoms with Crippen LogP contribution in [0.2, 0.25) is 0 Å². The average molecular weight is 571 g/mol. The van der Waals surface area contributed by atoms with Crippen molar-refractivity contribution in [3.63, 3.8) is 0 Å². The first-order valence-electron chi connectivity index (χ1n) is 11.6. The van der Waals surface area contributed by atoms with E-state index in [1.165, 1.54) is 24.3 Å². The van der Waals surface area contributed by atoms with Gasteiger partial charge in [-0.3, -0.25) is 19.5 Å². The minimum absolute atomic E-state index is 0.0334. The zero-order chi connectivity index (χ0) is 28.9. The van der Waals surface area contributed by atoms with Crippen molar-refractivity contribution in [2.45, 2.75) is 20.0 Å². The summed E-state index contributed by atoms with van der Waals surface area (Å²) in [7, 11) is 0. The molecule has 1 saturated heterocycles. The van der Waals surface area contributed by atoms with Gasteiger partial charge in [0.05, 0.1) is 21.4 Å². The molecule has 0 atom stereocenters. The van der Waals surface area contributed by atoms with Gasteiger partial charge in [0.15, 0.2) is 5.69 Å². The first kappa shape index (κ1) is 26.9. The van der Waals surface area contributed by atoms with Crippen molar-refractivity contribution in [2.75, 3.05) is 0 Å². The van der Waals surface area contributed by atoms with Gasteiger partial charge in [-0.25, -0.2) is 4.39 Å². The van der Waals surface area contributed by atoms with E-state index in [2.05, 4.69) is 15.5 Å². The monoisotopic (exact) mass is 570 g/mol. The number of nitrogens with zero attached hydrogens (tertiary/aromatic N) is 3. The molecule has 1 aliphatic heterocycles. The zero-order valence-corrected chi connectivity index (χ0v) is 21.5. The lowest BCUT2D eigenvalue weighted by Crippen LogP contribution is -2.17. The number of carbonyl (C=O) groups is 2. The number of alkyl halides is 3. The summed E-state index contributed by atoms with van der Waals surface area (Å²) in [4.78, 5) is 23.3. The number of phenols is 1. The van der Waals surface area contributed by atoms with Crippen LogP contribution in [0.1, 0.15) is 22.3 Å². The van der Waals surface area contributed by atoms with Gasteiger partial charge in [0.1, 0.15) is 17.3 Å². The molecule has 8 nitrogen and oxygen atoms in total. The molecule has 1 fully saturated rings. The van der Waals surface area contributed by atoms with E-state index >= 15 is 4.39 Å². The Kier molecular flexibility index (Phi) is 6.62. The number of hydrogen-bond donors (Lipinski definition) is 3. The topological polar surface area (TPSA) is 116 Å². The average Bonchev–Trinajstić information content (AvgIpc) is 3.35. The molecule has 5 rings (SSSR count). The fraction of sp³-hybridized carbons (Fsp3) is 0.111. The summed E-state index contributed by atoms with van der Waals surface area (Å²) in [5.74, 6) is -3.04. The van der Waals surface area contributed by atoms with Crippen LogP contribution in [0.25, 0.3) is 22.7 Å². The standard InChI is InChI=1S/C27H18F4N4O4S/c1-12-6-7-16(8-13(12)2)35-19-11-15(27(29,30)31)10-17(28)21(19)22(25(35)38)34-33-18-5-3-4-14(23(18)36)9-20-24(37)32-26(39)40-20/h3-11,36,38H,1-2H3,(H,32,37,39)/b20-9+,34-33?. The molecule has 1 aromatic heterocycles. The Morgan fingerprint density at radius 3 is 2.40 bits per heavy atom. The van der Waals surface area contributed by atoms with Gasteiger partial charge in [0.25, 0.3) is 11.1 Å². The SMILES string of the molecule is Cc1ccc(-n2c(O)c(N=Nc3cccc(/C=C4/SC(=O)NC4=O)c3O)c3c(F)cc(C(F)(F)F)cc32)cc1C. The highest BCUT2D eigenvalue weighted by molar-refractivity contribution is 8.18. The van der Waals surface area contributed by atoms with Gasteiger partial charge >= 0.3 is 6.18 Å². The first-order valence-corrected chi connectivity index (χ1v) is 12.4. The quantitative estimate of drug-likeness (QED) is 0.133. The molecule has 0 spiro atoms. The molecular formula is C27H18F4N4O4S. The fourth-order valence-electron chi connectivity index (χ4n) is 4.13. The second-order valence-corrected chi connectivity index (χ2v) is 9.91. The number of phenolic OH excluding ortho intramolecular Hbond substituents is 1. The van der Waals surface area contributed by atoms with Crippen molar-refractivity contribution >= 4 is 51.3 Å². The van der Waals surface area contributed by atoms with Crippen LogP contribution in [0, 0.1) is 19.7 Å². The van der Waals surface area contributed by atoms with Crippen molar-refractivity contribution in [3.8, 4) is 17.3 Å². The van der Waals surface area contributed by atoms with E-state index in [4.69, 9.17) is 0 Å². The number of thioether (sulfide) groups is 1. The normalized spacial score (nSPS) is 15.1. The Labute approximate surface area is 227 Å². The number of aryl methyl sites for hydroxylation is 2. The Hall–Kier alpha value is -4.65. The lowest BCUT2D eigenvalue weighted by Gasteiger charge is -2.11. The van der Waals surface area contributed by atoms with Gasteiger partial charge < -0.3 is 10.2 Å². The second kappa shape index (κ2) is 9.83. The largest absolute Gasteiger partial charge is 0.505 e. The van der Waals surface area contributed by atoms with Crippen LogP contribution >= 0.6 is 11.8 Å². The van der Waals surface area contributed by atoms with Gasteiger partial charge in [-0.2, -0.15) is 13.2 Å². The minimum atomic E-state index is -4.86. The van der Waals surface area contributed by atoms with Crippen LogP contribution in [0.5, 0.6) is 11.6 Å². The molecule has 0 unspecified atom stereocenters. The number of halogens is 4. The Morgan fingerprint density at radius 2 is 1.75 bits per heavy atom. The highest BCUT2D eigenvalue weighted by atomic mass is 32.2. The Bertz CT molecular complexity index is 1790. The molecular weight excluding hydrogens is 552 g/mol. The highest BCUT2D eigenvalue weighted by Crippen LogP contribution is 2.46. The van der Waals surface area contributed by atoms with Crippen molar-refractivity contribution in [3.05, 3.63) is 81.5 Å². The number of hydrogen-bond acceptors (Lipinski definition) is 7. The van der Waals surface area contributed by atoms with Gasteiger partial charge in [-0.05, 0) is 73.1 Å². The van der Waals surface area contributed by atoms with Gasteiger partial charge in [-0.1, -0.05) is 18.2 Å². The summed E-state index contributed by atoms with van der Waals surface area (Å²) in [5, 5.41) is 30.7. The molecule has 4 aromatic rings. The Morgan fingerprint density at radius 1 is 1.00 bits per heavy atom. The third kappa shape index (κ3) is 4.79. The molecule has 0 aliphatic carbocycles. The molecule has 3 aromatic carbocycles. The number of benzene rings is 3. The highest BCUT2D eigenvalue weighted by Gasteiger charge is 2.34. The number of para-hydroxylation sites is 1. The van der Waals surface area contributed by atoms with Crippen molar-refractivity contribution < 1.29 is 37.4 Å². The van der Waals surface area contributed by atoms with Crippen LogP contribution in [0.3, 0.4) is 0 Å². The number of carbonyl (C=O) groups excluding carboxylic acids is 2. The summed E-state index contributed by atoms with van der Waals surface area (Å²) >= 11 is 0.642. The lowest BCUT2D eigenvalue weighted by molar-refractivity contribution is -0.137. The fourth-order valence-corrected chi connectivity index (χ4v) is 4.80. The molecule has 3 N–H and O–H groups in total. The van der Waals surface area contributed by atoms with E-state index in [9.17, 15) is 33.0 Å². The number of imide groups is 1. The maximum absolute atomic E-state index is 15.2. The van der Waals surface area contributed by atoms with Crippen molar-refractivity contribution in [1.82, 2.24) is 9.88 Å². The molecule has 0 bridgehead atoms. The van der Waals surface area contributed by atoms with Crippen LogP contribution < -0.4 is 5.32 Å². The van der Waals surface area contributed by atoms with Gasteiger partial charge in [-0.15, -0.1) is 10.2 Å². The van der Waals surface area contributed by atoms with Crippen molar-refractivity contribution in [1.29, 1.82) is 0 Å². The molecule has 13 heteroatoms. The number of amides is 2. The van der Waals surface area contributed by atoms with Crippen LogP contribution in [-0.2, 0) is 11.0 Å². The molecule has 40 heavy (non-hydrogen) atoms. The van der Waals surface area contributed by atoms with Gasteiger partial charge in [0, 0.05) is 11.3 Å². The maximum Gasteiger partial charge on any atom is 0.416 e. The first-order chi connectivity index (χ1) is 18.8. The predicted octanol–water partition coefficient (Wildman–Crippen LogP) is 7.56. The number of azo groups is 1.